The van der Waals surface area contributed by atoms with E-state index in [2.05, 4.69) is 19.5 Å². The standard InChI is InChI=1S/C23H26ClN5O6S2/c1-23(25,13-3-2-4-15(24)6-13)14-7-18(36-10-14)20(31)16-8-27-11-28-22(16)29-17-5-12(19(30)21(17)32)9-35-37(26,33)34/h2-4,6-8,10-12,17,19,21,30,32H,5,9,25H2,1H3,(H2,26,33,34)(H,27,28,29)/t12-,17-,19-,21+,23-/m1/s1. The first-order valence-corrected chi connectivity index (χ1v) is 13.9. The molecule has 5 atom stereocenters. The maximum atomic E-state index is 13.4. The SMILES string of the molecule is C[C@@](N)(c1cccc(Cl)c1)c1csc(C(=O)c2cncnc2N[C@@H]2C[C@H](COS(N)(=O)=O)[C@@H](O)[C@H]2O)c1. The second-order valence-corrected chi connectivity index (χ2v) is 11.6. The summed E-state index contributed by atoms with van der Waals surface area (Å²) < 4.78 is 26.8. The average molecular weight is 568 g/mol. The number of benzene rings is 1. The van der Waals surface area contributed by atoms with E-state index < -0.39 is 46.6 Å². The van der Waals surface area contributed by atoms with Gasteiger partial charge in [-0.05, 0) is 48.1 Å². The number of ketones is 1. The third kappa shape index (κ3) is 6.16. The molecule has 2 heterocycles. The Kier molecular flexibility index (Phi) is 7.97. The first kappa shape index (κ1) is 27.5. The minimum atomic E-state index is -4.20. The molecule has 1 saturated carbocycles. The Morgan fingerprint density at radius 2 is 2.05 bits per heavy atom. The smallest absolute Gasteiger partial charge is 0.333 e. The molecule has 37 heavy (non-hydrogen) atoms. The highest BCUT2D eigenvalue weighted by atomic mass is 35.5. The molecule has 1 fully saturated rings. The van der Waals surface area contributed by atoms with Crippen LogP contribution in [0.2, 0.25) is 5.02 Å². The first-order valence-electron chi connectivity index (χ1n) is 11.2. The van der Waals surface area contributed by atoms with Crippen LogP contribution in [-0.4, -0.2) is 59.2 Å². The van der Waals surface area contributed by atoms with Gasteiger partial charge < -0.3 is 21.3 Å². The van der Waals surface area contributed by atoms with E-state index in [0.717, 1.165) is 11.1 Å². The molecule has 7 N–H and O–H groups in total. The topological polar surface area (TPSA) is 191 Å². The molecule has 11 nitrogen and oxygen atoms in total. The highest BCUT2D eigenvalue weighted by Gasteiger charge is 2.42. The van der Waals surface area contributed by atoms with E-state index in [9.17, 15) is 23.4 Å². The van der Waals surface area contributed by atoms with Gasteiger partial charge in [-0.25, -0.2) is 15.1 Å². The molecule has 0 bridgehead atoms. The van der Waals surface area contributed by atoms with E-state index >= 15 is 0 Å². The molecule has 0 aliphatic heterocycles. The second kappa shape index (κ2) is 10.7. The van der Waals surface area contributed by atoms with Gasteiger partial charge in [0, 0.05) is 17.1 Å². The number of thiophene rings is 1. The van der Waals surface area contributed by atoms with Gasteiger partial charge >= 0.3 is 10.3 Å². The summed E-state index contributed by atoms with van der Waals surface area (Å²) in [4.78, 5) is 21.9. The lowest BCUT2D eigenvalue weighted by Crippen LogP contribution is -2.36. The molecule has 14 heteroatoms. The third-order valence-electron chi connectivity index (χ3n) is 6.37. The van der Waals surface area contributed by atoms with Gasteiger partial charge in [0.1, 0.15) is 18.2 Å². The maximum absolute atomic E-state index is 13.4. The molecular weight excluding hydrogens is 542 g/mol. The summed E-state index contributed by atoms with van der Waals surface area (Å²) in [6.07, 6.45) is 0.206. The lowest BCUT2D eigenvalue weighted by Gasteiger charge is -2.24. The van der Waals surface area contributed by atoms with Gasteiger partial charge in [0.05, 0.1) is 34.7 Å². The van der Waals surface area contributed by atoms with Crippen molar-refractivity contribution >= 4 is 44.8 Å². The van der Waals surface area contributed by atoms with Gasteiger partial charge in [-0.15, -0.1) is 11.3 Å². The summed E-state index contributed by atoms with van der Waals surface area (Å²) >= 11 is 7.35. The lowest BCUT2D eigenvalue weighted by atomic mass is 9.87. The highest BCUT2D eigenvalue weighted by molar-refractivity contribution is 7.84. The third-order valence-corrected chi connectivity index (χ3v) is 8.00. The Labute approximate surface area is 222 Å². The number of nitrogens with zero attached hydrogens (tertiary/aromatic N) is 2. The number of aromatic nitrogens is 2. The molecule has 1 aliphatic carbocycles. The van der Waals surface area contributed by atoms with E-state index in [0.29, 0.717) is 9.90 Å². The normalized spacial score (nSPS) is 23.5. The van der Waals surface area contributed by atoms with Crippen LogP contribution in [0, 0.1) is 5.92 Å². The van der Waals surface area contributed by atoms with Gasteiger partial charge in [0.2, 0.25) is 5.78 Å². The van der Waals surface area contributed by atoms with Crippen molar-refractivity contribution in [2.75, 3.05) is 11.9 Å². The molecule has 3 aromatic rings. The number of nitrogens with one attached hydrogen (secondary N) is 1. The van der Waals surface area contributed by atoms with E-state index in [-0.39, 0.29) is 23.6 Å². The summed E-state index contributed by atoms with van der Waals surface area (Å²) in [6.45, 7) is 1.43. The van der Waals surface area contributed by atoms with Crippen molar-refractivity contribution in [2.24, 2.45) is 16.8 Å². The molecule has 1 aromatic carbocycles. The van der Waals surface area contributed by atoms with Crippen molar-refractivity contribution in [1.82, 2.24) is 9.97 Å². The van der Waals surface area contributed by atoms with Crippen LogP contribution in [0.1, 0.15) is 39.7 Å². The van der Waals surface area contributed by atoms with Crippen LogP contribution in [0.15, 0.2) is 48.2 Å². The van der Waals surface area contributed by atoms with E-state index in [4.69, 9.17) is 22.5 Å². The molecule has 0 saturated heterocycles. The Morgan fingerprint density at radius 3 is 2.76 bits per heavy atom. The first-order chi connectivity index (χ1) is 17.4. The number of nitrogens with two attached hydrogens (primary N) is 2. The molecule has 0 radical (unpaired) electrons. The van der Waals surface area contributed by atoms with Gasteiger partial charge in [-0.2, -0.15) is 8.42 Å². The molecule has 0 spiro atoms. The fourth-order valence-electron chi connectivity index (χ4n) is 4.24. The van der Waals surface area contributed by atoms with Crippen molar-refractivity contribution in [1.29, 1.82) is 0 Å². The number of hydrogen-bond acceptors (Lipinski definition) is 11. The molecule has 0 unspecified atom stereocenters. The number of aliphatic hydroxyl groups is 2. The zero-order chi connectivity index (χ0) is 27.0. The lowest BCUT2D eigenvalue weighted by molar-refractivity contribution is 0.00778. The predicted octanol–water partition coefficient (Wildman–Crippen LogP) is 1.39. The van der Waals surface area contributed by atoms with Crippen molar-refractivity contribution in [2.45, 2.75) is 37.1 Å². The monoisotopic (exact) mass is 567 g/mol. The molecule has 1 aliphatic rings. The number of hydrogen-bond donors (Lipinski definition) is 5. The largest absolute Gasteiger partial charge is 0.390 e. The van der Waals surface area contributed by atoms with Crippen LogP contribution in [-0.2, 0) is 20.0 Å². The van der Waals surface area contributed by atoms with E-state index in [1.165, 1.54) is 23.9 Å². The van der Waals surface area contributed by atoms with Crippen molar-refractivity contribution < 1.29 is 27.6 Å². The van der Waals surface area contributed by atoms with Crippen LogP contribution in [0.5, 0.6) is 0 Å². The number of carbonyl (C=O) groups is 1. The van der Waals surface area contributed by atoms with Crippen LogP contribution in [0.25, 0.3) is 0 Å². The van der Waals surface area contributed by atoms with Gasteiger partial charge in [0.25, 0.3) is 0 Å². The fourth-order valence-corrected chi connectivity index (χ4v) is 5.77. The molecule has 0 amide bonds. The molecular formula is C23H26ClN5O6S2. The van der Waals surface area contributed by atoms with Crippen LogP contribution < -0.4 is 16.2 Å². The number of rotatable bonds is 9. The average Bonchev–Trinajstić information content (AvgIpc) is 3.44. The minimum absolute atomic E-state index is 0.143. The fraction of sp³-hybridized carbons (Fsp3) is 0.348. The summed E-state index contributed by atoms with van der Waals surface area (Å²) in [5, 5.41) is 31.0. The quantitative estimate of drug-likeness (QED) is 0.236. The number of halogens is 1. The van der Waals surface area contributed by atoms with Crippen LogP contribution >= 0.6 is 22.9 Å². The van der Waals surface area contributed by atoms with Gasteiger partial charge in [-0.1, -0.05) is 23.7 Å². The Morgan fingerprint density at radius 1 is 1.30 bits per heavy atom. The second-order valence-electron chi connectivity index (χ2n) is 9.03. The van der Waals surface area contributed by atoms with Crippen molar-refractivity contribution in [3.05, 3.63) is 74.8 Å². The van der Waals surface area contributed by atoms with Gasteiger partial charge in [0.15, 0.2) is 0 Å². The molecule has 198 valence electrons. The highest BCUT2D eigenvalue weighted by Crippen LogP contribution is 2.34. The number of carbonyl (C=O) groups excluding carboxylic acids is 1. The van der Waals surface area contributed by atoms with E-state index in [1.54, 1.807) is 29.6 Å². The van der Waals surface area contributed by atoms with Crippen LogP contribution in [0.4, 0.5) is 5.82 Å². The molecule has 2 aromatic heterocycles. The summed E-state index contributed by atoms with van der Waals surface area (Å²) in [7, 11) is -4.20. The molecule has 4 rings (SSSR count). The van der Waals surface area contributed by atoms with Crippen molar-refractivity contribution in [3.8, 4) is 0 Å². The van der Waals surface area contributed by atoms with Crippen LogP contribution in [0.3, 0.4) is 0 Å². The Bertz CT molecular complexity index is 1400. The summed E-state index contributed by atoms with van der Waals surface area (Å²) in [5.41, 5.74) is 7.38. The Balaban J connectivity index is 1.53. The summed E-state index contributed by atoms with van der Waals surface area (Å²) in [6, 6.07) is 8.17. The van der Waals surface area contributed by atoms with Gasteiger partial charge in [-0.3, -0.25) is 8.98 Å². The maximum Gasteiger partial charge on any atom is 0.333 e. The zero-order valence-corrected chi connectivity index (χ0v) is 22.0. The van der Waals surface area contributed by atoms with Crippen molar-refractivity contribution in [3.63, 3.8) is 0 Å². The zero-order valence-electron chi connectivity index (χ0n) is 19.6. The Hall–Kier alpha value is -2.49. The van der Waals surface area contributed by atoms with E-state index in [1.807, 2.05) is 13.0 Å². The summed E-state index contributed by atoms with van der Waals surface area (Å²) in [5.74, 6) is -0.909. The predicted molar refractivity (Wildman–Crippen MR) is 138 cm³/mol. The number of anilines is 1. The number of aliphatic hydroxyl groups excluding tert-OH is 2. The minimum Gasteiger partial charge on any atom is -0.390 e.